The lowest BCUT2D eigenvalue weighted by atomic mass is 10.1. The number of amides is 1. The Bertz CT molecular complexity index is 1320. The Morgan fingerprint density at radius 3 is 2.62 bits per heavy atom. The minimum absolute atomic E-state index is 0.219. The van der Waals surface area contributed by atoms with Gasteiger partial charge in [0.1, 0.15) is 0 Å². The van der Waals surface area contributed by atoms with Crippen LogP contribution in [0, 0.1) is 6.92 Å². The van der Waals surface area contributed by atoms with Crippen molar-refractivity contribution in [2.75, 3.05) is 16.3 Å². The largest absolute Gasteiger partial charge is 0.358 e. The summed E-state index contributed by atoms with van der Waals surface area (Å²) in [6.07, 6.45) is 1.04. The maximum atomic E-state index is 12.7. The van der Waals surface area contributed by atoms with Gasteiger partial charge in [-0.05, 0) is 25.1 Å². The average Bonchev–Trinajstić information content (AvgIpc) is 3.23. The molecular weight excluding hydrogens is 408 g/mol. The van der Waals surface area contributed by atoms with E-state index in [2.05, 4.69) is 20.0 Å². The van der Waals surface area contributed by atoms with Crippen LogP contribution < -0.4 is 10.0 Å². The van der Waals surface area contributed by atoms with Gasteiger partial charge in [-0.15, -0.1) is 11.3 Å². The summed E-state index contributed by atoms with van der Waals surface area (Å²) >= 11 is 1.31. The third-order valence-electron chi connectivity index (χ3n) is 4.34. The van der Waals surface area contributed by atoms with Crippen LogP contribution in [0.2, 0.25) is 0 Å². The molecule has 0 atom stereocenters. The van der Waals surface area contributed by atoms with E-state index in [1.807, 2.05) is 36.6 Å². The number of hydrogen-bond acceptors (Lipinski definition) is 5. The van der Waals surface area contributed by atoms with Gasteiger partial charge in [0.15, 0.2) is 5.13 Å². The molecule has 0 aliphatic rings. The van der Waals surface area contributed by atoms with Gasteiger partial charge in [0.05, 0.1) is 23.2 Å². The van der Waals surface area contributed by atoms with Crippen LogP contribution in [0.4, 0.5) is 10.8 Å². The molecule has 29 heavy (non-hydrogen) atoms. The normalized spacial score (nSPS) is 11.5. The van der Waals surface area contributed by atoms with Crippen LogP contribution in [0.5, 0.6) is 0 Å². The molecule has 2 aromatic heterocycles. The molecule has 0 fully saturated rings. The van der Waals surface area contributed by atoms with Gasteiger partial charge in [-0.3, -0.25) is 14.8 Å². The molecule has 0 bridgehead atoms. The number of H-pyrrole nitrogens is 1. The number of anilines is 2. The van der Waals surface area contributed by atoms with Gasteiger partial charge >= 0.3 is 0 Å². The molecule has 0 unspecified atom stereocenters. The summed E-state index contributed by atoms with van der Waals surface area (Å²) < 4.78 is 25.5. The highest BCUT2D eigenvalue weighted by atomic mass is 32.2. The minimum Gasteiger partial charge on any atom is -0.358 e. The van der Waals surface area contributed by atoms with Crippen molar-refractivity contribution in [1.29, 1.82) is 0 Å². The molecule has 2 heterocycles. The smallest absolute Gasteiger partial charge is 0.259 e. The first-order valence-corrected chi connectivity index (χ1v) is 11.5. The molecule has 0 saturated heterocycles. The second-order valence-electron chi connectivity index (χ2n) is 6.58. The first-order valence-electron chi connectivity index (χ1n) is 8.73. The number of nitrogens with zero attached hydrogens (tertiary/aromatic N) is 1. The Kier molecular flexibility index (Phi) is 4.85. The Morgan fingerprint density at radius 2 is 1.83 bits per heavy atom. The molecule has 9 heteroatoms. The highest BCUT2D eigenvalue weighted by molar-refractivity contribution is 7.92. The summed E-state index contributed by atoms with van der Waals surface area (Å²) in [6, 6.07) is 14.4. The maximum absolute atomic E-state index is 12.7. The number of thiazole rings is 1. The van der Waals surface area contributed by atoms with Crippen molar-refractivity contribution in [3.8, 4) is 11.3 Å². The summed E-state index contributed by atoms with van der Waals surface area (Å²) in [5.74, 6) is -0.437. The van der Waals surface area contributed by atoms with Gasteiger partial charge in [-0.1, -0.05) is 30.3 Å². The minimum atomic E-state index is -3.50. The number of para-hydroxylation sites is 2. The summed E-state index contributed by atoms with van der Waals surface area (Å²) in [7, 11) is -3.50. The summed E-state index contributed by atoms with van der Waals surface area (Å²) in [5.41, 5.74) is 4.23. The van der Waals surface area contributed by atoms with Crippen molar-refractivity contribution >= 4 is 49.0 Å². The lowest BCUT2D eigenvalue weighted by Gasteiger charge is -2.09. The Morgan fingerprint density at radius 1 is 1.10 bits per heavy atom. The fourth-order valence-electron chi connectivity index (χ4n) is 3.19. The van der Waals surface area contributed by atoms with Crippen LogP contribution in [0.15, 0.2) is 53.9 Å². The number of aryl methyl sites for hydroxylation is 1. The van der Waals surface area contributed by atoms with Gasteiger partial charge in [0.2, 0.25) is 10.0 Å². The lowest BCUT2D eigenvalue weighted by Crippen LogP contribution is -2.17. The first kappa shape index (κ1) is 19.2. The monoisotopic (exact) mass is 426 g/mol. The highest BCUT2D eigenvalue weighted by Crippen LogP contribution is 2.34. The number of aromatic amines is 1. The van der Waals surface area contributed by atoms with E-state index in [0.717, 1.165) is 34.1 Å². The average molecular weight is 427 g/mol. The van der Waals surface area contributed by atoms with E-state index < -0.39 is 15.9 Å². The van der Waals surface area contributed by atoms with Gasteiger partial charge in [-0.2, -0.15) is 0 Å². The third-order valence-corrected chi connectivity index (χ3v) is 5.69. The second kappa shape index (κ2) is 7.34. The van der Waals surface area contributed by atoms with Crippen molar-refractivity contribution in [1.82, 2.24) is 9.97 Å². The molecule has 1 amide bonds. The zero-order valence-corrected chi connectivity index (χ0v) is 17.3. The predicted molar refractivity (Wildman–Crippen MR) is 117 cm³/mol. The third kappa shape index (κ3) is 4.01. The van der Waals surface area contributed by atoms with Crippen molar-refractivity contribution in [3.63, 3.8) is 0 Å². The van der Waals surface area contributed by atoms with Crippen LogP contribution in [0.1, 0.15) is 16.1 Å². The maximum Gasteiger partial charge on any atom is 0.259 e. The van der Waals surface area contributed by atoms with E-state index in [-0.39, 0.29) is 11.3 Å². The van der Waals surface area contributed by atoms with E-state index in [9.17, 15) is 13.2 Å². The quantitative estimate of drug-likeness (QED) is 0.444. The lowest BCUT2D eigenvalue weighted by molar-refractivity contribution is 0.102. The summed E-state index contributed by atoms with van der Waals surface area (Å²) in [5, 5.41) is 6.15. The Labute approximate surface area is 171 Å². The SMILES string of the molecule is Cc1[nH]c2ccccc2c1-c1csc(NC(=O)c2ccccc2NS(C)(=O)=O)n1. The molecule has 148 valence electrons. The fraction of sp³-hybridized carbons (Fsp3) is 0.100. The van der Waals surface area contributed by atoms with Crippen LogP contribution in [0.25, 0.3) is 22.2 Å². The molecule has 0 spiro atoms. The van der Waals surface area contributed by atoms with Gasteiger partial charge in [0.25, 0.3) is 5.91 Å². The number of rotatable bonds is 5. The van der Waals surface area contributed by atoms with Gasteiger partial charge in [-0.25, -0.2) is 13.4 Å². The Hall–Kier alpha value is -3.17. The molecule has 3 N–H and O–H groups in total. The molecule has 0 aliphatic heterocycles. The molecule has 0 aliphatic carbocycles. The van der Waals surface area contributed by atoms with Crippen LogP contribution >= 0.6 is 11.3 Å². The van der Waals surface area contributed by atoms with Crippen molar-refractivity contribution in [2.24, 2.45) is 0 Å². The van der Waals surface area contributed by atoms with Crippen LogP contribution in [-0.4, -0.2) is 30.5 Å². The van der Waals surface area contributed by atoms with E-state index in [4.69, 9.17) is 0 Å². The molecule has 4 rings (SSSR count). The van der Waals surface area contributed by atoms with Gasteiger partial charge < -0.3 is 4.98 Å². The molecule has 4 aromatic rings. The second-order valence-corrected chi connectivity index (χ2v) is 9.19. The van der Waals surface area contributed by atoms with Crippen molar-refractivity contribution in [2.45, 2.75) is 6.92 Å². The fourth-order valence-corrected chi connectivity index (χ4v) is 4.46. The van der Waals surface area contributed by atoms with E-state index in [0.29, 0.717) is 5.13 Å². The first-order chi connectivity index (χ1) is 13.8. The molecule has 0 radical (unpaired) electrons. The van der Waals surface area contributed by atoms with Gasteiger partial charge in [0, 0.05) is 27.5 Å². The number of carbonyl (C=O) groups is 1. The molecule has 7 nitrogen and oxygen atoms in total. The number of carbonyl (C=O) groups excluding carboxylic acids is 1. The number of nitrogens with one attached hydrogen (secondary N) is 3. The van der Waals surface area contributed by atoms with Crippen molar-refractivity contribution < 1.29 is 13.2 Å². The van der Waals surface area contributed by atoms with Crippen LogP contribution in [-0.2, 0) is 10.0 Å². The standard InChI is InChI=1S/C20H18N4O3S2/c1-12-18(13-7-3-5-9-15(13)21-12)17-11-28-20(22-17)23-19(25)14-8-4-6-10-16(14)24-29(2,26)27/h3-11,21,24H,1-2H3,(H,22,23,25). The molecule has 2 aromatic carbocycles. The zero-order chi connectivity index (χ0) is 20.6. The molecule has 0 saturated carbocycles. The number of aromatic nitrogens is 2. The van der Waals surface area contributed by atoms with E-state index in [1.54, 1.807) is 24.3 Å². The number of hydrogen-bond donors (Lipinski definition) is 3. The zero-order valence-electron chi connectivity index (χ0n) is 15.7. The summed E-state index contributed by atoms with van der Waals surface area (Å²) in [4.78, 5) is 20.6. The number of fused-ring (bicyclic) bond motifs is 1. The van der Waals surface area contributed by atoms with E-state index in [1.165, 1.54) is 11.3 Å². The predicted octanol–water partition coefficient (Wildman–Crippen LogP) is 4.22. The van der Waals surface area contributed by atoms with Crippen LogP contribution in [0.3, 0.4) is 0 Å². The Balaban J connectivity index is 1.62. The number of sulfonamides is 1. The summed E-state index contributed by atoms with van der Waals surface area (Å²) in [6.45, 7) is 1.99. The molecular formula is C20H18N4O3S2. The highest BCUT2D eigenvalue weighted by Gasteiger charge is 2.17. The topological polar surface area (TPSA) is 104 Å². The van der Waals surface area contributed by atoms with E-state index >= 15 is 0 Å². The number of benzene rings is 2. The van der Waals surface area contributed by atoms with Crippen molar-refractivity contribution in [3.05, 3.63) is 65.2 Å².